The van der Waals surface area contributed by atoms with E-state index in [0.717, 1.165) is 10.6 Å². The first-order valence-electron chi connectivity index (χ1n) is 4.84. The predicted molar refractivity (Wildman–Crippen MR) is 66.6 cm³/mol. The van der Waals surface area contributed by atoms with Crippen LogP contribution in [0.5, 0.6) is 0 Å². The van der Waals surface area contributed by atoms with Gasteiger partial charge in [0.2, 0.25) is 0 Å². The summed E-state index contributed by atoms with van der Waals surface area (Å²) in [5.41, 5.74) is 1.52. The maximum atomic E-state index is 8.97. The van der Waals surface area contributed by atoms with Gasteiger partial charge in [-0.05, 0) is 23.6 Å². The van der Waals surface area contributed by atoms with Crippen LogP contribution in [0, 0.1) is 11.3 Å². The van der Waals surface area contributed by atoms with Gasteiger partial charge in [0, 0.05) is 14.1 Å². The van der Waals surface area contributed by atoms with E-state index in [9.17, 15) is 0 Å². The van der Waals surface area contributed by atoms with E-state index in [2.05, 4.69) is 11.1 Å². The molecule has 2 aromatic rings. The molecular formula is C12H11N3S. The Hall–Kier alpha value is -1.86. The molecule has 0 saturated carbocycles. The Balaban J connectivity index is 2.52. The Morgan fingerprint density at radius 3 is 2.69 bits per heavy atom. The maximum absolute atomic E-state index is 8.97. The van der Waals surface area contributed by atoms with E-state index >= 15 is 0 Å². The number of thiophene rings is 1. The second-order valence-electron chi connectivity index (χ2n) is 3.55. The smallest absolute Gasteiger partial charge is 0.146 e. The van der Waals surface area contributed by atoms with Crippen LogP contribution in [0.4, 0.5) is 5.82 Å². The van der Waals surface area contributed by atoms with Crippen molar-refractivity contribution in [2.24, 2.45) is 0 Å². The second-order valence-corrected chi connectivity index (χ2v) is 4.50. The van der Waals surface area contributed by atoms with Crippen molar-refractivity contribution in [1.82, 2.24) is 4.98 Å². The summed E-state index contributed by atoms with van der Waals surface area (Å²) in [6.07, 6.45) is 0. The van der Waals surface area contributed by atoms with E-state index in [1.807, 2.05) is 48.6 Å². The highest BCUT2D eigenvalue weighted by Gasteiger charge is 2.08. The molecule has 0 bridgehead atoms. The van der Waals surface area contributed by atoms with Crippen LogP contribution < -0.4 is 4.90 Å². The van der Waals surface area contributed by atoms with Gasteiger partial charge in [0.15, 0.2) is 0 Å². The van der Waals surface area contributed by atoms with E-state index in [4.69, 9.17) is 5.26 Å². The molecule has 80 valence electrons. The topological polar surface area (TPSA) is 39.9 Å². The van der Waals surface area contributed by atoms with Gasteiger partial charge in [-0.1, -0.05) is 6.07 Å². The number of anilines is 1. The van der Waals surface area contributed by atoms with Gasteiger partial charge < -0.3 is 4.90 Å². The fourth-order valence-corrected chi connectivity index (χ4v) is 2.13. The van der Waals surface area contributed by atoms with Gasteiger partial charge in [0.25, 0.3) is 0 Å². The number of hydrogen-bond acceptors (Lipinski definition) is 4. The molecule has 2 aromatic heterocycles. The lowest BCUT2D eigenvalue weighted by molar-refractivity contribution is 1.06. The van der Waals surface area contributed by atoms with Gasteiger partial charge in [-0.15, -0.1) is 11.3 Å². The van der Waals surface area contributed by atoms with Crippen molar-refractivity contribution in [3.05, 3.63) is 35.2 Å². The zero-order valence-electron chi connectivity index (χ0n) is 9.14. The lowest BCUT2D eigenvalue weighted by Gasteiger charge is -2.13. The van der Waals surface area contributed by atoms with Crippen LogP contribution in [0.2, 0.25) is 0 Å². The molecule has 0 aliphatic rings. The highest BCUT2D eigenvalue weighted by Crippen LogP contribution is 2.26. The molecular weight excluding hydrogens is 218 g/mol. The zero-order valence-corrected chi connectivity index (χ0v) is 9.95. The fraction of sp³-hybridized carbons (Fsp3) is 0.167. The molecule has 0 aliphatic heterocycles. The third-order valence-electron chi connectivity index (χ3n) is 2.19. The minimum atomic E-state index is 0.602. The molecule has 0 aliphatic carbocycles. The second kappa shape index (κ2) is 4.33. The Kier molecular flexibility index (Phi) is 2.88. The van der Waals surface area contributed by atoms with Crippen LogP contribution >= 0.6 is 11.3 Å². The molecule has 2 rings (SSSR count). The molecule has 0 spiro atoms. The molecule has 0 atom stereocenters. The molecule has 3 nitrogen and oxygen atoms in total. The number of nitriles is 1. The first-order valence-corrected chi connectivity index (χ1v) is 5.72. The number of pyridine rings is 1. The molecule has 0 N–H and O–H groups in total. The molecule has 0 fully saturated rings. The van der Waals surface area contributed by atoms with Crippen molar-refractivity contribution in [2.45, 2.75) is 0 Å². The standard InChI is InChI=1S/C12H11N3S/c1-15(2)12-9(8-13)5-6-10(14-12)11-4-3-7-16-11/h3-7H,1-2H3. The average molecular weight is 229 g/mol. The first-order chi connectivity index (χ1) is 7.72. The minimum Gasteiger partial charge on any atom is -0.362 e. The number of aromatic nitrogens is 1. The van der Waals surface area contributed by atoms with E-state index < -0.39 is 0 Å². The van der Waals surface area contributed by atoms with Crippen LogP contribution in [0.3, 0.4) is 0 Å². The van der Waals surface area contributed by atoms with Crippen molar-refractivity contribution >= 4 is 17.2 Å². The molecule has 16 heavy (non-hydrogen) atoms. The quantitative estimate of drug-likeness (QED) is 0.795. The number of nitrogens with zero attached hydrogens (tertiary/aromatic N) is 3. The molecule has 0 radical (unpaired) electrons. The van der Waals surface area contributed by atoms with Crippen molar-refractivity contribution in [3.8, 4) is 16.6 Å². The van der Waals surface area contributed by atoms with Crippen LogP contribution in [-0.2, 0) is 0 Å². The number of hydrogen-bond donors (Lipinski definition) is 0. The SMILES string of the molecule is CN(C)c1nc(-c2cccs2)ccc1C#N. The highest BCUT2D eigenvalue weighted by molar-refractivity contribution is 7.13. The molecule has 0 aromatic carbocycles. The van der Waals surface area contributed by atoms with Crippen LogP contribution in [0.25, 0.3) is 10.6 Å². The minimum absolute atomic E-state index is 0.602. The van der Waals surface area contributed by atoms with Gasteiger partial charge in [-0.25, -0.2) is 4.98 Å². The Morgan fingerprint density at radius 1 is 1.31 bits per heavy atom. The first kappa shape index (κ1) is 10.7. The van der Waals surface area contributed by atoms with Crippen molar-refractivity contribution in [1.29, 1.82) is 5.26 Å². The van der Waals surface area contributed by atoms with Gasteiger partial charge in [0.1, 0.15) is 11.9 Å². The van der Waals surface area contributed by atoms with Gasteiger partial charge in [-0.3, -0.25) is 0 Å². The fourth-order valence-electron chi connectivity index (χ4n) is 1.44. The summed E-state index contributed by atoms with van der Waals surface area (Å²) in [6, 6.07) is 9.87. The van der Waals surface area contributed by atoms with Crippen molar-refractivity contribution < 1.29 is 0 Å². The van der Waals surface area contributed by atoms with Crippen molar-refractivity contribution in [2.75, 3.05) is 19.0 Å². The van der Waals surface area contributed by atoms with Crippen LogP contribution in [0.1, 0.15) is 5.56 Å². The van der Waals surface area contributed by atoms with Gasteiger partial charge >= 0.3 is 0 Å². The number of rotatable bonds is 2. The molecule has 0 amide bonds. The Bertz CT molecular complexity index is 524. The van der Waals surface area contributed by atoms with Gasteiger partial charge in [0.05, 0.1) is 16.1 Å². The summed E-state index contributed by atoms with van der Waals surface area (Å²) in [5.74, 6) is 0.716. The summed E-state index contributed by atoms with van der Waals surface area (Å²) < 4.78 is 0. The average Bonchev–Trinajstić information content (AvgIpc) is 2.81. The molecule has 0 unspecified atom stereocenters. The summed E-state index contributed by atoms with van der Waals surface area (Å²) in [4.78, 5) is 7.47. The zero-order chi connectivity index (χ0) is 11.5. The third kappa shape index (κ3) is 1.90. The molecule has 4 heteroatoms. The lowest BCUT2D eigenvalue weighted by Crippen LogP contribution is -2.12. The van der Waals surface area contributed by atoms with Crippen LogP contribution in [0.15, 0.2) is 29.6 Å². The van der Waals surface area contributed by atoms with E-state index in [1.54, 1.807) is 11.3 Å². The summed E-state index contributed by atoms with van der Waals surface area (Å²) in [5, 5.41) is 11.0. The third-order valence-corrected chi connectivity index (χ3v) is 3.09. The Labute approximate surface area is 98.6 Å². The van der Waals surface area contributed by atoms with E-state index in [0.29, 0.717) is 11.4 Å². The molecule has 2 heterocycles. The molecule has 0 saturated heterocycles. The maximum Gasteiger partial charge on any atom is 0.146 e. The van der Waals surface area contributed by atoms with Crippen LogP contribution in [-0.4, -0.2) is 19.1 Å². The van der Waals surface area contributed by atoms with E-state index in [1.165, 1.54) is 0 Å². The van der Waals surface area contributed by atoms with E-state index in [-0.39, 0.29) is 0 Å². The predicted octanol–water partition coefficient (Wildman–Crippen LogP) is 2.75. The summed E-state index contributed by atoms with van der Waals surface area (Å²) >= 11 is 1.65. The largest absolute Gasteiger partial charge is 0.362 e. The monoisotopic (exact) mass is 229 g/mol. The normalized spacial score (nSPS) is 9.81. The summed E-state index contributed by atoms with van der Waals surface area (Å²) in [7, 11) is 3.78. The van der Waals surface area contributed by atoms with Gasteiger partial charge in [-0.2, -0.15) is 5.26 Å². The Morgan fingerprint density at radius 2 is 2.12 bits per heavy atom. The van der Waals surface area contributed by atoms with Crippen molar-refractivity contribution in [3.63, 3.8) is 0 Å². The lowest BCUT2D eigenvalue weighted by atomic mass is 10.2. The highest BCUT2D eigenvalue weighted by atomic mass is 32.1. The summed E-state index contributed by atoms with van der Waals surface area (Å²) in [6.45, 7) is 0.